The smallest absolute Gasteiger partial charge is 0.133 e. The van der Waals surface area contributed by atoms with Gasteiger partial charge in [0.05, 0.1) is 0 Å². The summed E-state index contributed by atoms with van der Waals surface area (Å²) in [6.45, 7) is 3.27. The van der Waals surface area contributed by atoms with Crippen LogP contribution in [0.1, 0.15) is 45.4 Å². The zero-order valence-corrected chi connectivity index (χ0v) is 10.0. The van der Waals surface area contributed by atoms with Crippen LogP contribution in [0.3, 0.4) is 0 Å². The summed E-state index contributed by atoms with van der Waals surface area (Å²) in [7, 11) is 0. The highest BCUT2D eigenvalue weighted by Crippen LogP contribution is 2.23. The summed E-state index contributed by atoms with van der Waals surface area (Å²) in [5.74, 6) is 0. The van der Waals surface area contributed by atoms with Crippen LogP contribution < -0.4 is 0 Å². The molecule has 0 aliphatic heterocycles. The molecule has 1 aliphatic rings. The first-order valence-corrected chi connectivity index (χ1v) is 6.10. The molecule has 1 aliphatic carbocycles. The van der Waals surface area contributed by atoms with E-state index in [4.69, 9.17) is 12.2 Å². The first kappa shape index (κ1) is 11.3. The Labute approximate surface area is 92.3 Å². The van der Waals surface area contributed by atoms with Gasteiger partial charge in [-0.05, 0) is 19.3 Å². The molecule has 0 N–H and O–H groups in total. The summed E-state index contributed by atoms with van der Waals surface area (Å²) < 4.78 is 0.786. The summed E-state index contributed by atoms with van der Waals surface area (Å²) in [4.78, 5) is 2.30. The maximum atomic E-state index is 5.15. The van der Waals surface area contributed by atoms with Gasteiger partial charge in [-0.1, -0.05) is 38.4 Å². The fourth-order valence-electron chi connectivity index (χ4n) is 2.07. The molecule has 1 saturated carbocycles. The van der Waals surface area contributed by atoms with Gasteiger partial charge in [-0.2, -0.15) is 0 Å². The minimum Gasteiger partial charge on any atom is -0.355 e. The number of hydrogen-bond acceptors (Lipinski definition) is 1. The van der Waals surface area contributed by atoms with Crippen molar-refractivity contribution >= 4 is 29.2 Å². The number of rotatable bonds is 3. The third-order valence-corrected chi connectivity index (χ3v) is 3.22. The largest absolute Gasteiger partial charge is 0.355 e. The molecule has 1 nitrogen and oxygen atoms in total. The molecule has 1 fully saturated rings. The van der Waals surface area contributed by atoms with Crippen LogP contribution in [0.4, 0.5) is 0 Å². The van der Waals surface area contributed by atoms with E-state index in [1.807, 2.05) is 0 Å². The van der Waals surface area contributed by atoms with Crippen molar-refractivity contribution in [3.05, 3.63) is 0 Å². The Hall–Kier alpha value is 0.240. The number of thiol groups is 1. The van der Waals surface area contributed by atoms with E-state index in [1.165, 1.54) is 32.1 Å². The van der Waals surface area contributed by atoms with Gasteiger partial charge in [0.1, 0.15) is 4.32 Å². The van der Waals surface area contributed by atoms with E-state index in [-0.39, 0.29) is 0 Å². The van der Waals surface area contributed by atoms with E-state index in [0.29, 0.717) is 6.04 Å². The normalized spacial score (nSPS) is 18.6. The molecule has 0 bridgehead atoms. The molecule has 3 heteroatoms. The van der Waals surface area contributed by atoms with Gasteiger partial charge in [-0.15, -0.1) is 12.6 Å². The van der Waals surface area contributed by atoms with Gasteiger partial charge in [0.2, 0.25) is 0 Å². The summed E-state index contributed by atoms with van der Waals surface area (Å²) in [6, 6.07) is 0.679. The molecule has 0 heterocycles. The van der Waals surface area contributed by atoms with Gasteiger partial charge in [-0.3, -0.25) is 0 Å². The van der Waals surface area contributed by atoms with Crippen molar-refractivity contribution in [2.75, 3.05) is 6.54 Å². The molecule has 0 aromatic heterocycles. The van der Waals surface area contributed by atoms with E-state index in [2.05, 4.69) is 24.5 Å². The number of nitrogens with zero attached hydrogens (tertiary/aromatic N) is 1. The van der Waals surface area contributed by atoms with Crippen LogP contribution in [0.2, 0.25) is 0 Å². The van der Waals surface area contributed by atoms with Crippen molar-refractivity contribution in [1.82, 2.24) is 4.90 Å². The highest BCUT2D eigenvalue weighted by atomic mass is 32.1. The average Bonchev–Trinajstić information content (AvgIpc) is 2.15. The van der Waals surface area contributed by atoms with Gasteiger partial charge >= 0.3 is 0 Å². The molecule has 0 atom stereocenters. The quantitative estimate of drug-likeness (QED) is 0.571. The van der Waals surface area contributed by atoms with E-state index < -0.39 is 0 Å². The highest BCUT2D eigenvalue weighted by Gasteiger charge is 2.20. The first-order valence-electron chi connectivity index (χ1n) is 5.25. The van der Waals surface area contributed by atoms with Crippen LogP contribution in [-0.4, -0.2) is 21.8 Å². The molecule has 0 amide bonds. The van der Waals surface area contributed by atoms with Crippen LogP contribution in [0.5, 0.6) is 0 Å². The van der Waals surface area contributed by atoms with E-state index in [1.54, 1.807) is 0 Å². The molecule has 76 valence electrons. The Morgan fingerprint density at radius 3 is 2.46 bits per heavy atom. The molecule has 0 aromatic rings. The third-order valence-electron chi connectivity index (χ3n) is 2.73. The van der Waals surface area contributed by atoms with E-state index in [9.17, 15) is 0 Å². The minimum absolute atomic E-state index is 0.679. The van der Waals surface area contributed by atoms with Crippen molar-refractivity contribution in [2.45, 2.75) is 51.5 Å². The Morgan fingerprint density at radius 2 is 2.00 bits per heavy atom. The van der Waals surface area contributed by atoms with E-state index in [0.717, 1.165) is 17.3 Å². The van der Waals surface area contributed by atoms with Gasteiger partial charge in [0.25, 0.3) is 0 Å². The lowest BCUT2D eigenvalue weighted by atomic mass is 9.94. The van der Waals surface area contributed by atoms with Gasteiger partial charge in [0, 0.05) is 12.6 Å². The van der Waals surface area contributed by atoms with Crippen LogP contribution in [-0.2, 0) is 0 Å². The lowest BCUT2D eigenvalue weighted by Gasteiger charge is -2.34. The van der Waals surface area contributed by atoms with Crippen molar-refractivity contribution in [1.29, 1.82) is 0 Å². The molecule has 13 heavy (non-hydrogen) atoms. The minimum atomic E-state index is 0.679. The predicted octanol–water partition coefficient (Wildman–Crippen LogP) is 3.25. The molecular formula is C10H19NS2. The summed E-state index contributed by atoms with van der Waals surface area (Å²) >= 11 is 9.45. The molecule has 1 rings (SSSR count). The second-order valence-electron chi connectivity index (χ2n) is 3.77. The maximum Gasteiger partial charge on any atom is 0.133 e. The number of thiocarbonyl (C=S) groups is 1. The number of hydrogen-bond donors (Lipinski definition) is 1. The Bertz CT molecular complexity index is 164. The standard InChI is InChI=1S/C10H19NS2/c1-2-8-11(10(12)13)9-6-4-3-5-7-9/h9H,2-8H2,1H3,(H,12,13). The molecule has 0 saturated heterocycles. The van der Waals surface area contributed by atoms with Gasteiger partial charge in [0.15, 0.2) is 0 Å². The van der Waals surface area contributed by atoms with Crippen LogP contribution in [0.15, 0.2) is 0 Å². The molecule has 0 radical (unpaired) electrons. The zero-order valence-electron chi connectivity index (χ0n) is 8.33. The molecular weight excluding hydrogens is 198 g/mol. The fraction of sp³-hybridized carbons (Fsp3) is 0.900. The SMILES string of the molecule is CCCN(C(=S)S)C1CCCCC1. The van der Waals surface area contributed by atoms with Crippen LogP contribution in [0.25, 0.3) is 0 Å². The summed E-state index contributed by atoms with van der Waals surface area (Å²) in [5, 5.41) is 0. The van der Waals surface area contributed by atoms with Crippen LogP contribution in [0, 0.1) is 0 Å². The molecule has 0 spiro atoms. The fourth-order valence-corrected chi connectivity index (χ4v) is 2.57. The second-order valence-corrected chi connectivity index (χ2v) is 4.88. The lowest BCUT2D eigenvalue weighted by molar-refractivity contribution is 0.251. The van der Waals surface area contributed by atoms with Crippen molar-refractivity contribution in [3.63, 3.8) is 0 Å². The highest BCUT2D eigenvalue weighted by molar-refractivity contribution is 8.10. The van der Waals surface area contributed by atoms with Crippen LogP contribution >= 0.6 is 24.8 Å². The Balaban J connectivity index is 2.46. The topological polar surface area (TPSA) is 3.24 Å². The van der Waals surface area contributed by atoms with Gasteiger partial charge < -0.3 is 4.90 Å². The molecule has 0 aromatic carbocycles. The second kappa shape index (κ2) is 5.86. The predicted molar refractivity (Wildman–Crippen MR) is 65.5 cm³/mol. The third kappa shape index (κ3) is 3.47. The van der Waals surface area contributed by atoms with E-state index >= 15 is 0 Å². The molecule has 0 unspecified atom stereocenters. The van der Waals surface area contributed by atoms with Crippen molar-refractivity contribution < 1.29 is 0 Å². The van der Waals surface area contributed by atoms with Gasteiger partial charge in [-0.25, -0.2) is 0 Å². The monoisotopic (exact) mass is 217 g/mol. The lowest BCUT2D eigenvalue weighted by Crippen LogP contribution is -2.38. The Kier molecular flexibility index (Phi) is 5.10. The Morgan fingerprint density at radius 1 is 1.38 bits per heavy atom. The summed E-state index contributed by atoms with van der Waals surface area (Å²) in [5.41, 5.74) is 0. The zero-order chi connectivity index (χ0) is 9.68. The first-order chi connectivity index (χ1) is 6.25. The summed E-state index contributed by atoms with van der Waals surface area (Å²) in [6.07, 6.45) is 7.90. The maximum absolute atomic E-state index is 5.15. The van der Waals surface area contributed by atoms with Crippen molar-refractivity contribution in [2.24, 2.45) is 0 Å². The van der Waals surface area contributed by atoms with Crippen molar-refractivity contribution in [3.8, 4) is 0 Å². The average molecular weight is 217 g/mol.